The molecule has 0 spiro atoms. The summed E-state index contributed by atoms with van der Waals surface area (Å²) in [5, 5.41) is 22.1. The number of para-hydroxylation sites is 1. The topological polar surface area (TPSA) is 137 Å². The predicted octanol–water partition coefficient (Wildman–Crippen LogP) is 3.60. The van der Waals surface area contributed by atoms with E-state index in [2.05, 4.69) is 21.9 Å². The van der Waals surface area contributed by atoms with Crippen molar-refractivity contribution >= 4 is 28.9 Å². The van der Waals surface area contributed by atoms with Crippen LogP contribution in [0.15, 0.2) is 67.5 Å². The fourth-order valence-corrected chi connectivity index (χ4v) is 3.32. The van der Waals surface area contributed by atoms with Crippen molar-refractivity contribution in [1.82, 2.24) is 9.97 Å². The normalized spacial score (nSPS) is 10.6. The highest BCUT2D eigenvalue weighted by Gasteiger charge is 2.19. The number of hydrogen-bond acceptors (Lipinski definition) is 8. The molecule has 0 bridgehead atoms. The number of rotatable bonds is 10. The van der Waals surface area contributed by atoms with Crippen LogP contribution in [0, 0.1) is 5.41 Å². The number of nitrogens with zero attached hydrogens (tertiary/aromatic N) is 3. The highest BCUT2D eigenvalue weighted by molar-refractivity contribution is 6.16. The first-order valence-corrected chi connectivity index (χ1v) is 10.7. The molecule has 2 aromatic carbocycles. The quantitative estimate of drug-likeness (QED) is 0.268. The summed E-state index contributed by atoms with van der Waals surface area (Å²) in [7, 11) is 0. The Balaban J connectivity index is 1.81. The highest BCUT2D eigenvalue weighted by Crippen LogP contribution is 2.30. The van der Waals surface area contributed by atoms with Gasteiger partial charge in [-0.2, -0.15) is 0 Å². The Kier molecular flexibility index (Phi) is 7.81. The smallest absolute Gasteiger partial charge is 0.250 e. The summed E-state index contributed by atoms with van der Waals surface area (Å²) in [6.07, 6.45) is 2.46. The molecule has 0 aliphatic rings. The van der Waals surface area contributed by atoms with Gasteiger partial charge in [0.15, 0.2) is 11.5 Å². The van der Waals surface area contributed by atoms with Gasteiger partial charge in [0.1, 0.15) is 18.0 Å². The van der Waals surface area contributed by atoms with Crippen molar-refractivity contribution in [3.8, 4) is 11.5 Å². The third kappa shape index (κ3) is 5.69. The largest absolute Gasteiger partial charge is 0.504 e. The Bertz CT molecular complexity index is 1180. The van der Waals surface area contributed by atoms with Crippen LogP contribution in [0.4, 0.5) is 17.3 Å². The molecule has 3 aromatic rings. The van der Waals surface area contributed by atoms with Crippen LogP contribution in [0.25, 0.3) is 0 Å². The van der Waals surface area contributed by atoms with E-state index in [1.165, 1.54) is 18.5 Å². The van der Waals surface area contributed by atoms with E-state index in [9.17, 15) is 9.90 Å². The summed E-state index contributed by atoms with van der Waals surface area (Å²) in [4.78, 5) is 22.2. The van der Waals surface area contributed by atoms with Gasteiger partial charge in [-0.25, -0.2) is 9.97 Å². The summed E-state index contributed by atoms with van der Waals surface area (Å²) >= 11 is 0. The minimum absolute atomic E-state index is 0.0362. The third-order valence-electron chi connectivity index (χ3n) is 4.87. The van der Waals surface area contributed by atoms with Gasteiger partial charge in [0.2, 0.25) is 5.91 Å². The van der Waals surface area contributed by atoms with Gasteiger partial charge < -0.3 is 25.8 Å². The van der Waals surface area contributed by atoms with Crippen molar-refractivity contribution < 1.29 is 14.6 Å². The molecule has 34 heavy (non-hydrogen) atoms. The van der Waals surface area contributed by atoms with Gasteiger partial charge in [-0.15, -0.1) is 0 Å². The molecule has 176 valence electrons. The lowest BCUT2D eigenvalue weighted by Crippen LogP contribution is -2.34. The van der Waals surface area contributed by atoms with Gasteiger partial charge in [-0.1, -0.05) is 24.8 Å². The zero-order valence-electron chi connectivity index (χ0n) is 19.2. The first-order valence-electron chi connectivity index (χ1n) is 10.7. The molecule has 0 saturated carbocycles. The summed E-state index contributed by atoms with van der Waals surface area (Å²) < 4.78 is 5.55. The van der Waals surface area contributed by atoms with Crippen LogP contribution in [0.3, 0.4) is 0 Å². The third-order valence-corrected chi connectivity index (χ3v) is 4.87. The molecular formula is C25H28N6O3. The molecule has 1 heterocycles. The number of carbonyl (C=O) groups is 1. The molecule has 0 aliphatic heterocycles. The summed E-state index contributed by atoms with van der Waals surface area (Å²) in [6.45, 7) is 7.95. The van der Waals surface area contributed by atoms with E-state index in [1.54, 1.807) is 17.0 Å². The van der Waals surface area contributed by atoms with E-state index in [0.717, 1.165) is 5.69 Å². The van der Waals surface area contributed by atoms with Crippen molar-refractivity contribution in [3.05, 3.63) is 78.6 Å². The number of phenols is 1. The maximum Gasteiger partial charge on any atom is 0.250 e. The number of amides is 1. The van der Waals surface area contributed by atoms with Crippen molar-refractivity contribution in [2.45, 2.75) is 20.0 Å². The van der Waals surface area contributed by atoms with Crippen LogP contribution in [-0.2, 0) is 4.79 Å². The van der Waals surface area contributed by atoms with Gasteiger partial charge in [-0.05, 0) is 50.3 Å². The van der Waals surface area contributed by atoms with Gasteiger partial charge in [0.25, 0.3) is 0 Å². The Labute approximate surface area is 198 Å². The fraction of sp³-hybridized carbons (Fsp3) is 0.200. The number of nitrogen functional groups attached to an aromatic ring is 1. The van der Waals surface area contributed by atoms with E-state index in [1.807, 2.05) is 44.2 Å². The Morgan fingerprint density at radius 1 is 1.26 bits per heavy atom. The molecular weight excluding hydrogens is 432 g/mol. The lowest BCUT2D eigenvalue weighted by atomic mass is 10.0. The Hall–Kier alpha value is -4.40. The Morgan fingerprint density at radius 2 is 2.00 bits per heavy atom. The zero-order valence-corrected chi connectivity index (χ0v) is 19.2. The van der Waals surface area contributed by atoms with E-state index >= 15 is 0 Å². The standard InChI is InChI=1S/C25H28N6O3/c1-4-21(33)31(18-8-6-5-7-9-18)13-12-28-25-22(24(27)29-15-30-25)23(26)17-10-11-20(19(32)14-17)34-16(2)3/h4-11,14-16,26,32H,1,12-13H2,2-3H3,(H3,27,28,29,30). The van der Waals surface area contributed by atoms with Crippen LogP contribution < -0.4 is 20.7 Å². The molecule has 9 nitrogen and oxygen atoms in total. The van der Waals surface area contributed by atoms with Crippen molar-refractivity contribution in [3.63, 3.8) is 0 Å². The zero-order chi connectivity index (χ0) is 24.7. The number of aromatic hydroxyl groups is 1. The van der Waals surface area contributed by atoms with Crippen LogP contribution in [0.5, 0.6) is 11.5 Å². The molecule has 0 saturated heterocycles. The average Bonchev–Trinajstić information content (AvgIpc) is 2.82. The molecule has 0 atom stereocenters. The second-order valence-corrected chi connectivity index (χ2v) is 7.66. The van der Waals surface area contributed by atoms with Gasteiger partial charge >= 0.3 is 0 Å². The summed E-state index contributed by atoms with van der Waals surface area (Å²) in [5.41, 5.74) is 7.58. The van der Waals surface area contributed by atoms with E-state index in [0.29, 0.717) is 35.8 Å². The van der Waals surface area contributed by atoms with E-state index in [4.69, 9.17) is 15.9 Å². The monoisotopic (exact) mass is 460 g/mol. The SMILES string of the molecule is C=CC(=O)N(CCNc1ncnc(N)c1C(=N)c1ccc(OC(C)C)c(O)c1)c1ccccc1. The first kappa shape index (κ1) is 24.2. The lowest BCUT2D eigenvalue weighted by Gasteiger charge is -2.22. The molecule has 5 N–H and O–H groups in total. The maximum absolute atomic E-state index is 12.4. The number of hydrogen-bond donors (Lipinski definition) is 4. The molecule has 1 amide bonds. The molecule has 0 radical (unpaired) electrons. The molecule has 0 unspecified atom stereocenters. The number of nitrogens with two attached hydrogens (primary N) is 1. The number of aromatic nitrogens is 2. The van der Waals surface area contributed by atoms with Gasteiger partial charge in [0, 0.05) is 24.3 Å². The first-order chi connectivity index (χ1) is 16.3. The average molecular weight is 461 g/mol. The lowest BCUT2D eigenvalue weighted by molar-refractivity contribution is -0.114. The van der Waals surface area contributed by atoms with Crippen molar-refractivity contribution in [1.29, 1.82) is 5.41 Å². The van der Waals surface area contributed by atoms with Gasteiger partial charge in [0.05, 0.1) is 17.4 Å². The van der Waals surface area contributed by atoms with Crippen LogP contribution in [0.1, 0.15) is 25.0 Å². The predicted molar refractivity (Wildman–Crippen MR) is 134 cm³/mol. The number of nitrogens with one attached hydrogen (secondary N) is 2. The molecule has 9 heteroatoms. The maximum atomic E-state index is 12.4. The van der Waals surface area contributed by atoms with E-state index in [-0.39, 0.29) is 29.3 Å². The summed E-state index contributed by atoms with van der Waals surface area (Å²) in [6, 6.07) is 14.0. The Morgan fingerprint density at radius 3 is 2.65 bits per heavy atom. The van der Waals surface area contributed by atoms with Gasteiger partial charge in [-0.3, -0.25) is 10.2 Å². The van der Waals surface area contributed by atoms with E-state index < -0.39 is 0 Å². The minimum atomic E-state index is -0.234. The number of phenolic OH excluding ortho intramolecular Hbond substituents is 1. The molecule has 3 rings (SSSR count). The second-order valence-electron chi connectivity index (χ2n) is 7.66. The second kappa shape index (κ2) is 11.0. The molecule has 0 fully saturated rings. The number of ether oxygens (including phenoxy) is 1. The summed E-state index contributed by atoms with van der Waals surface area (Å²) in [5.74, 6) is 0.477. The highest BCUT2D eigenvalue weighted by atomic mass is 16.5. The van der Waals surface area contributed by atoms with Crippen molar-refractivity contribution in [2.24, 2.45) is 0 Å². The van der Waals surface area contributed by atoms with Crippen LogP contribution >= 0.6 is 0 Å². The van der Waals surface area contributed by atoms with Crippen LogP contribution in [0.2, 0.25) is 0 Å². The number of anilines is 3. The fourth-order valence-electron chi connectivity index (χ4n) is 3.32. The van der Waals surface area contributed by atoms with Crippen LogP contribution in [-0.4, -0.2) is 45.9 Å². The molecule has 0 aliphatic carbocycles. The number of benzene rings is 2. The molecule has 1 aromatic heterocycles. The minimum Gasteiger partial charge on any atom is -0.504 e. The van der Waals surface area contributed by atoms with Crippen molar-refractivity contribution in [2.75, 3.05) is 29.0 Å². The number of carbonyl (C=O) groups excluding carboxylic acids is 1.